The molecule has 0 nitrogen and oxygen atoms in total. The highest BCUT2D eigenvalue weighted by atomic mass is 32.1. The minimum atomic E-state index is 0.0230. The number of hydrogen-bond donors (Lipinski definition) is 0. The first-order valence-electron chi connectivity index (χ1n) is 15.4. The Kier molecular flexibility index (Phi) is 9.92. The first-order valence-corrected chi connectivity index (χ1v) is 19.3. The summed E-state index contributed by atoms with van der Waals surface area (Å²) in [5, 5.41) is 6.89. The van der Waals surface area contributed by atoms with Gasteiger partial charge in [0.05, 0.1) is 0 Å². The first kappa shape index (κ1) is 26.2. The van der Waals surface area contributed by atoms with Gasteiger partial charge in [-0.25, -0.2) is 0 Å². The van der Waals surface area contributed by atoms with Crippen molar-refractivity contribution in [3.8, 4) is 0 Å². The van der Waals surface area contributed by atoms with Crippen LogP contribution in [0.3, 0.4) is 0 Å². The molecule has 0 aliphatic heterocycles. The van der Waals surface area contributed by atoms with E-state index in [1.54, 1.807) is 51.4 Å². The van der Waals surface area contributed by atoms with Crippen molar-refractivity contribution in [1.82, 2.24) is 0 Å². The van der Waals surface area contributed by atoms with Crippen LogP contribution in [0.5, 0.6) is 0 Å². The van der Waals surface area contributed by atoms with Crippen molar-refractivity contribution in [3.63, 3.8) is 0 Å². The first-order chi connectivity index (χ1) is 16.7. The summed E-state index contributed by atoms with van der Waals surface area (Å²) in [5.74, 6) is 0.723. The van der Waals surface area contributed by atoms with Gasteiger partial charge in [-0.15, -0.1) is 11.3 Å². The maximum atomic E-state index is 2.81. The fourth-order valence-corrected chi connectivity index (χ4v) is 18.4. The van der Waals surface area contributed by atoms with E-state index in [4.69, 9.17) is 0 Å². The van der Waals surface area contributed by atoms with E-state index in [1.165, 1.54) is 77.0 Å². The van der Waals surface area contributed by atoms with Gasteiger partial charge < -0.3 is 0 Å². The van der Waals surface area contributed by atoms with Crippen molar-refractivity contribution >= 4 is 37.8 Å². The molecule has 192 valence electrons. The summed E-state index contributed by atoms with van der Waals surface area (Å²) in [6, 6.07) is 0. The van der Waals surface area contributed by atoms with Gasteiger partial charge in [0.15, 0.2) is 0 Å². The van der Waals surface area contributed by atoms with E-state index in [0.717, 1.165) is 28.6 Å². The highest BCUT2D eigenvalue weighted by Crippen LogP contribution is 2.61. The topological polar surface area (TPSA) is 0 Å². The summed E-state index contributed by atoms with van der Waals surface area (Å²) < 4.78 is 0. The molecule has 0 N–H and O–H groups in total. The Morgan fingerprint density at radius 2 is 0.912 bits per heavy atom. The minimum Gasteiger partial charge on any atom is -0.147 e. The van der Waals surface area contributed by atoms with Gasteiger partial charge >= 0.3 is 0 Å². The summed E-state index contributed by atoms with van der Waals surface area (Å²) in [7, 11) is 0.0583. The maximum absolute atomic E-state index is 2.81. The molecule has 4 saturated carbocycles. The van der Waals surface area contributed by atoms with Crippen molar-refractivity contribution < 1.29 is 0 Å². The van der Waals surface area contributed by atoms with Crippen LogP contribution in [0.2, 0.25) is 0 Å². The second kappa shape index (κ2) is 12.9. The van der Waals surface area contributed by atoms with E-state index in [0.29, 0.717) is 0 Å². The van der Waals surface area contributed by atoms with E-state index in [1.807, 2.05) is 10.2 Å². The lowest BCUT2D eigenvalue weighted by atomic mass is 9.99. The molecule has 34 heavy (non-hydrogen) atoms. The smallest absolute Gasteiger partial charge is 0.0154 e. The molecule has 5 rings (SSSR count). The normalized spacial score (nSPS) is 25.1. The van der Waals surface area contributed by atoms with Crippen LogP contribution < -0.4 is 10.6 Å². The molecular formula is C31H52P2S. The molecule has 0 atom stereocenters. The summed E-state index contributed by atoms with van der Waals surface area (Å²) in [6.45, 7) is 5.05. The molecule has 0 bridgehead atoms. The monoisotopic (exact) mass is 518 g/mol. The van der Waals surface area contributed by atoms with Crippen molar-refractivity contribution in [2.24, 2.45) is 0 Å². The second-order valence-electron chi connectivity index (χ2n) is 12.5. The quantitative estimate of drug-likeness (QED) is 0.315. The van der Waals surface area contributed by atoms with Crippen molar-refractivity contribution in [3.05, 3.63) is 10.3 Å². The van der Waals surface area contributed by atoms with Crippen LogP contribution >= 0.6 is 27.2 Å². The summed E-state index contributed by atoms with van der Waals surface area (Å²) in [6.07, 6.45) is 30.6. The maximum Gasteiger partial charge on any atom is 0.0154 e. The van der Waals surface area contributed by atoms with Gasteiger partial charge in [0.2, 0.25) is 0 Å². The zero-order valence-electron chi connectivity index (χ0n) is 22.4. The molecule has 3 heteroatoms. The summed E-state index contributed by atoms with van der Waals surface area (Å²) >= 11 is 2.23. The van der Waals surface area contributed by atoms with Gasteiger partial charge in [-0.3, -0.25) is 0 Å². The Labute approximate surface area is 218 Å². The van der Waals surface area contributed by atoms with Gasteiger partial charge in [0.25, 0.3) is 0 Å². The fraction of sp³-hybridized carbons (Fsp3) is 0.871. The average Bonchev–Trinajstić information content (AvgIpc) is 3.31. The average molecular weight is 519 g/mol. The summed E-state index contributed by atoms with van der Waals surface area (Å²) in [4.78, 5) is 1.86. The molecule has 0 saturated heterocycles. The lowest BCUT2D eigenvalue weighted by molar-refractivity contribution is 0.486. The van der Waals surface area contributed by atoms with E-state index in [2.05, 4.69) is 35.9 Å². The molecule has 0 unspecified atom stereocenters. The van der Waals surface area contributed by atoms with Gasteiger partial charge in [-0.1, -0.05) is 107 Å². The van der Waals surface area contributed by atoms with Crippen LogP contribution in [-0.2, 0) is 0 Å². The zero-order chi connectivity index (χ0) is 23.3. The van der Waals surface area contributed by atoms with E-state index >= 15 is 0 Å². The van der Waals surface area contributed by atoms with Crippen molar-refractivity contribution in [2.75, 3.05) is 0 Å². The van der Waals surface area contributed by atoms with Gasteiger partial charge in [-0.2, -0.15) is 0 Å². The van der Waals surface area contributed by atoms with Crippen molar-refractivity contribution in [2.45, 2.75) is 171 Å². The van der Waals surface area contributed by atoms with Crippen LogP contribution in [0.1, 0.15) is 153 Å². The third kappa shape index (κ3) is 5.99. The van der Waals surface area contributed by atoms with Crippen molar-refractivity contribution in [1.29, 1.82) is 0 Å². The third-order valence-electron chi connectivity index (χ3n) is 9.71. The zero-order valence-corrected chi connectivity index (χ0v) is 25.0. The molecule has 4 fully saturated rings. The van der Waals surface area contributed by atoms with E-state index in [9.17, 15) is 0 Å². The Morgan fingerprint density at radius 1 is 0.559 bits per heavy atom. The Balaban J connectivity index is 1.58. The molecule has 1 heterocycles. The molecular weight excluding hydrogens is 466 g/mol. The molecule has 4 aliphatic carbocycles. The second-order valence-corrected chi connectivity index (χ2v) is 18.9. The van der Waals surface area contributed by atoms with E-state index < -0.39 is 0 Å². The van der Waals surface area contributed by atoms with Crippen LogP contribution in [0.4, 0.5) is 0 Å². The fourth-order valence-electron chi connectivity index (χ4n) is 8.00. The van der Waals surface area contributed by atoms with Crippen LogP contribution in [0.15, 0.2) is 5.38 Å². The standard InChI is InChI=1S/C31H52P2S/c1-24(2)31-30(33(27-19-11-5-12-20-27)28-21-13-6-14-22-28)29(23-34-31)32(25-15-7-3-8-16-25)26-17-9-4-10-18-26/h23-28H,3-22H2,1-2H3. The highest BCUT2D eigenvalue weighted by Gasteiger charge is 2.40. The largest absolute Gasteiger partial charge is 0.147 e. The molecule has 1 aromatic rings. The Morgan fingerprint density at radius 3 is 1.26 bits per heavy atom. The van der Waals surface area contributed by atoms with E-state index in [-0.39, 0.29) is 15.8 Å². The van der Waals surface area contributed by atoms with Gasteiger partial charge in [0, 0.05) is 4.88 Å². The SMILES string of the molecule is CC(C)c1scc(P(C2CCCCC2)C2CCCCC2)c1P(C1CCCCC1)C1CCCCC1. The predicted octanol–water partition coefficient (Wildman–Crippen LogP) is 10.4. The number of rotatable bonds is 7. The number of thiophene rings is 1. The molecule has 1 aromatic heterocycles. The van der Waals surface area contributed by atoms with Crippen LogP contribution in [-0.4, -0.2) is 22.6 Å². The van der Waals surface area contributed by atoms with Crippen LogP contribution in [0, 0.1) is 0 Å². The molecule has 0 radical (unpaired) electrons. The molecule has 0 spiro atoms. The van der Waals surface area contributed by atoms with Gasteiger partial charge in [0.1, 0.15) is 0 Å². The highest BCUT2D eigenvalue weighted by molar-refractivity contribution is 7.74. The van der Waals surface area contributed by atoms with Crippen LogP contribution in [0.25, 0.3) is 0 Å². The lowest BCUT2D eigenvalue weighted by Crippen LogP contribution is -2.36. The number of hydrogen-bond acceptors (Lipinski definition) is 1. The third-order valence-corrected chi connectivity index (χ3v) is 18.6. The molecule has 0 amide bonds. The minimum absolute atomic E-state index is 0.0230. The lowest BCUT2D eigenvalue weighted by Gasteiger charge is -2.43. The Bertz CT molecular complexity index is 695. The molecule has 4 aliphatic rings. The Hall–Kier alpha value is 0.560. The summed E-state index contributed by atoms with van der Waals surface area (Å²) in [5.41, 5.74) is 4.20. The van der Waals surface area contributed by atoms with Gasteiger partial charge in [-0.05, 0) is 95.9 Å². The predicted molar refractivity (Wildman–Crippen MR) is 159 cm³/mol. The molecule has 0 aromatic carbocycles.